The fraction of sp³-hybridized carbons (Fsp3) is 0.267. The van der Waals surface area contributed by atoms with Crippen molar-refractivity contribution in [2.75, 3.05) is 14.2 Å². The molecule has 1 unspecified atom stereocenters. The number of hydrogen-bond acceptors (Lipinski definition) is 4. The minimum atomic E-state index is -0.165. The molecule has 19 heavy (non-hydrogen) atoms. The van der Waals surface area contributed by atoms with Gasteiger partial charge in [0.2, 0.25) is 0 Å². The summed E-state index contributed by atoms with van der Waals surface area (Å²) in [6.07, 6.45) is 2.40. The van der Waals surface area contributed by atoms with Gasteiger partial charge >= 0.3 is 0 Å². The quantitative estimate of drug-likeness (QED) is 0.894. The molecule has 0 fully saturated rings. The number of benzene rings is 1. The van der Waals surface area contributed by atoms with Gasteiger partial charge in [0.05, 0.1) is 26.0 Å². The summed E-state index contributed by atoms with van der Waals surface area (Å²) in [7, 11) is 3.26. The number of pyridine rings is 1. The molecular weight excluding hydrogens is 240 g/mol. The number of methoxy groups -OCH3 is 2. The standard InChI is InChI=1S/C15H18N2O2/c1-18-14-8-5-6-11(15(14)19-2)10-12(16)13-7-3-4-9-17-13/h3-9,12H,10,16H2,1-2H3. The van der Waals surface area contributed by atoms with Gasteiger partial charge < -0.3 is 15.2 Å². The molecule has 0 aliphatic carbocycles. The minimum absolute atomic E-state index is 0.165. The van der Waals surface area contributed by atoms with Crippen molar-refractivity contribution in [2.24, 2.45) is 5.73 Å². The van der Waals surface area contributed by atoms with Crippen LogP contribution in [-0.4, -0.2) is 19.2 Å². The summed E-state index contributed by atoms with van der Waals surface area (Å²) < 4.78 is 10.7. The fourth-order valence-electron chi connectivity index (χ4n) is 2.05. The maximum Gasteiger partial charge on any atom is 0.163 e. The second kappa shape index (κ2) is 6.20. The van der Waals surface area contributed by atoms with Crippen LogP contribution in [0.1, 0.15) is 17.3 Å². The Kier molecular flexibility index (Phi) is 4.36. The Morgan fingerprint density at radius 3 is 2.58 bits per heavy atom. The zero-order chi connectivity index (χ0) is 13.7. The molecule has 0 saturated heterocycles. The smallest absolute Gasteiger partial charge is 0.163 e. The molecule has 0 aliphatic heterocycles. The first kappa shape index (κ1) is 13.4. The monoisotopic (exact) mass is 258 g/mol. The third kappa shape index (κ3) is 3.03. The van der Waals surface area contributed by atoms with E-state index in [1.165, 1.54) is 0 Å². The molecule has 0 saturated carbocycles. The number of hydrogen-bond donors (Lipinski definition) is 1. The lowest BCUT2D eigenvalue weighted by atomic mass is 10.0. The lowest BCUT2D eigenvalue weighted by Crippen LogP contribution is -2.15. The Hall–Kier alpha value is -2.07. The number of para-hydroxylation sites is 1. The molecular formula is C15H18N2O2. The third-order valence-electron chi connectivity index (χ3n) is 2.99. The van der Waals surface area contributed by atoms with Gasteiger partial charge in [0.1, 0.15) is 0 Å². The van der Waals surface area contributed by atoms with Gasteiger partial charge in [-0.1, -0.05) is 18.2 Å². The molecule has 2 N–H and O–H groups in total. The normalized spacial score (nSPS) is 11.9. The maximum absolute atomic E-state index is 6.18. The van der Waals surface area contributed by atoms with E-state index < -0.39 is 0 Å². The first-order chi connectivity index (χ1) is 9.26. The summed E-state index contributed by atoms with van der Waals surface area (Å²) in [5.74, 6) is 1.45. The van der Waals surface area contributed by atoms with E-state index >= 15 is 0 Å². The average molecular weight is 258 g/mol. The summed E-state index contributed by atoms with van der Waals surface area (Å²) >= 11 is 0. The highest BCUT2D eigenvalue weighted by molar-refractivity contribution is 5.47. The Labute approximate surface area is 113 Å². The molecule has 0 spiro atoms. The Morgan fingerprint density at radius 1 is 1.11 bits per heavy atom. The molecule has 1 aromatic heterocycles. The Bertz CT molecular complexity index is 529. The van der Waals surface area contributed by atoms with Crippen molar-refractivity contribution in [3.8, 4) is 11.5 Å². The van der Waals surface area contributed by atoms with E-state index in [4.69, 9.17) is 15.2 Å². The fourth-order valence-corrected chi connectivity index (χ4v) is 2.05. The van der Waals surface area contributed by atoms with Crippen molar-refractivity contribution in [3.05, 3.63) is 53.9 Å². The van der Waals surface area contributed by atoms with Crippen LogP contribution in [0, 0.1) is 0 Å². The van der Waals surface area contributed by atoms with Crippen molar-refractivity contribution in [3.63, 3.8) is 0 Å². The molecule has 4 heteroatoms. The molecule has 2 rings (SSSR count). The topological polar surface area (TPSA) is 57.4 Å². The van der Waals surface area contributed by atoms with Gasteiger partial charge in [0, 0.05) is 6.20 Å². The zero-order valence-corrected chi connectivity index (χ0v) is 11.2. The number of rotatable bonds is 5. The Morgan fingerprint density at radius 2 is 1.95 bits per heavy atom. The summed E-state index contributed by atoms with van der Waals surface area (Å²) in [4.78, 5) is 4.28. The van der Waals surface area contributed by atoms with Gasteiger partial charge in [-0.05, 0) is 30.2 Å². The van der Waals surface area contributed by atoms with Crippen molar-refractivity contribution in [2.45, 2.75) is 12.5 Å². The lowest BCUT2D eigenvalue weighted by Gasteiger charge is -2.15. The molecule has 1 aromatic carbocycles. The van der Waals surface area contributed by atoms with E-state index in [0.29, 0.717) is 12.2 Å². The van der Waals surface area contributed by atoms with Crippen LogP contribution in [0.4, 0.5) is 0 Å². The largest absolute Gasteiger partial charge is 0.493 e. The Balaban J connectivity index is 2.24. The van der Waals surface area contributed by atoms with Gasteiger partial charge in [-0.2, -0.15) is 0 Å². The number of nitrogens with zero attached hydrogens (tertiary/aromatic N) is 1. The first-order valence-electron chi connectivity index (χ1n) is 6.12. The van der Waals surface area contributed by atoms with Gasteiger partial charge in [0.25, 0.3) is 0 Å². The van der Waals surface area contributed by atoms with Crippen LogP contribution in [0.15, 0.2) is 42.6 Å². The highest BCUT2D eigenvalue weighted by Crippen LogP contribution is 2.32. The molecule has 1 atom stereocenters. The summed E-state index contributed by atoms with van der Waals surface area (Å²) in [5.41, 5.74) is 8.07. The zero-order valence-electron chi connectivity index (χ0n) is 11.2. The van der Waals surface area contributed by atoms with Crippen molar-refractivity contribution in [1.82, 2.24) is 4.98 Å². The molecule has 0 radical (unpaired) electrons. The number of ether oxygens (including phenoxy) is 2. The van der Waals surface area contributed by atoms with Crippen molar-refractivity contribution in [1.29, 1.82) is 0 Å². The first-order valence-corrected chi connectivity index (χ1v) is 6.12. The van der Waals surface area contributed by atoms with Crippen LogP contribution >= 0.6 is 0 Å². The summed E-state index contributed by atoms with van der Waals surface area (Å²) in [6.45, 7) is 0. The van der Waals surface area contributed by atoms with Gasteiger partial charge in [0.15, 0.2) is 11.5 Å². The summed E-state index contributed by atoms with van der Waals surface area (Å²) in [6, 6.07) is 11.4. The second-order valence-corrected chi connectivity index (χ2v) is 4.22. The third-order valence-corrected chi connectivity index (χ3v) is 2.99. The number of aromatic nitrogens is 1. The maximum atomic E-state index is 6.18. The van der Waals surface area contributed by atoms with Gasteiger partial charge in [-0.15, -0.1) is 0 Å². The van der Waals surface area contributed by atoms with Crippen LogP contribution in [0.5, 0.6) is 11.5 Å². The van der Waals surface area contributed by atoms with Crippen LogP contribution < -0.4 is 15.2 Å². The van der Waals surface area contributed by atoms with E-state index in [9.17, 15) is 0 Å². The van der Waals surface area contributed by atoms with Crippen LogP contribution in [0.3, 0.4) is 0 Å². The van der Waals surface area contributed by atoms with Gasteiger partial charge in [-0.3, -0.25) is 4.98 Å². The van der Waals surface area contributed by atoms with E-state index in [1.54, 1.807) is 20.4 Å². The predicted molar refractivity (Wildman–Crippen MR) is 74.4 cm³/mol. The van der Waals surface area contributed by atoms with E-state index in [1.807, 2.05) is 36.4 Å². The van der Waals surface area contributed by atoms with Gasteiger partial charge in [-0.25, -0.2) is 0 Å². The summed E-state index contributed by atoms with van der Waals surface area (Å²) in [5, 5.41) is 0. The van der Waals surface area contributed by atoms with E-state index in [0.717, 1.165) is 17.0 Å². The molecule has 2 aromatic rings. The average Bonchev–Trinajstić information content (AvgIpc) is 2.47. The highest BCUT2D eigenvalue weighted by atomic mass is 16.5. The molecule has 0 bridgehead atoms. The molecule has 100 valence electrons. The van der Waals surface area contributed by atoms with Crippen molar-refractivity contribution < 1.29 is 9.47 Å². The predicted octanol–water partition coefficient (Wildman–Crippen LogP) is 2.34. The number of nitrogens with two attached hydrogens (primary N) is 1. The molecule has 4 nitrogen and oxygen atoms in total. The van der Waals surface area contributed by atoms with E-state index in [-0.39, 0.29) is 6.04 Å². The van der Waals surface area contributed by atoms with Crippen LogP contribution in [-0.2, 0) is 6.42 Å². The van der Waals surface area contributed by atoms with Crippen molar-refractivity contribution >= 4 is 0 Å². The van der Waals surface area contributed by atoms with Crippen LogP contribution in [0.25, 0.3) is 0 Å². The lowest BCUT2D eigenvalue weighted by molar-refractivity contribution is 0.351. The molecule has 1 heterocycles. The molecule has 0 amide bonds. The second-order valence-electron chi connectivity index (χ2n) is 4.22. The highest BCUT2D eigenvalue weighted by Gasteiger charge is 2.14. The van der Waals surface area contributed by atoms with Crippen LogP contribution in [0.2, 0.25) is 0 Å². The minimum Gasteiger partial charge on any atom is -0.493 e. The van der Waals surface area contributed by atoms with E-state index in [2.05, 4.69) is 4.98 Å². The SMILES string of the molecule is COc1cccc(CC(N)c2ccccn2)c1OC. The molecule has 0 aliphatic rings.